The topological polar surface area (TPSA) is 12.0 Å². The minimum absolute atomic E-state index is 0.769. The zero-order valence-electron chi connectivity index (χ0n) is 7.90. The average Bonchev–Trinajstić information content (AvgIpc) is 1.93. The summed E-state index contributed by atoms with van der Waals surface area (Å²) in [4.78, 5) is 0. The van der Waals surface area contributed by atoms with Gasteiger partial charge >= 0.3 is 0 Å². The second-order valence-corrected chi connectivity index (χ2v) is 3.54. The Bertz CT molecular complexity index is 42.5. The number of rotatable bonds is 4. The molecule has 0 saturated carbocycles. The third-order valence-electron chi connectivity index (χ3n) is 0.943. The van der Waals surface area contributed by atoms with Gasteiger partial charge in [0.1, 0.15) is 0 Å². The standard InChI is InChI=1S/C6H15NS.C2H6/c1-4-8-6(2)5-7-3;1-2/h6-7H,4-5H2,1-3H3;1-2H3. The number of hydrogen-bond donors (Lipinski definition) is 1. The molecule has 0 radical (unpaired) electrons. The van der Waals surface area contributed by atoms with Gasteiger partial charge in [-0.05, 0) is 12.8 Å². The molecule has 0 aromatic carbocycles. The van der Waals surface area contributed by atoms with Gasteiger partial charge in [0.25, 0.3) is 0 Å². The number of nitrogens with one attached hydrogen (secondary N) is 1. The van der Waals surface area contributed by atoms with Crippen LogP contribution in [0.3, 0.4) is 0 Å². The van der Waals surface area contributed by atoms with E-state index in [1.54, 1.807) is 0 Å². The summed E-state index contributed by atoms with van der Waals surface area (Å²) in [5.74, 6) is 1.23. The molecule has 0 aliphatic heterocycles. The Balaban J connectivity index is 0. The Morgan fingerprint density at radius 3 is 2.20 bits per heavy atom. The van der Waals surface area contributed by atoms with Gasteiger partial charge in [0, 0.05) is 11.8 Å². The van der Waals surface area contributed by atoms with Gasteiger partial charge in [-0.25, -0.2) is 0 Å². The molecule has 0 spiro atoms. The van der Waals surface area contributed by atoms with E-state index < -0.39 is 0 Å². The van der Waals surface area contributed by atoms with Crippen molar-refractivity contribution in [2.75, 3.05) is 19.3 Å². The quantitative estimate of drug-likeness (QED) is 0.683. The third-order valence-corrected chi connectivity index (χ3v) is 2.01. The van der Waals surface area contributed by atoms with Crippen molar-refractivity contribution in [3.05, 3.63) is 0 Å². The highest BCUT2D eigenvalue weighted by atomic mass is 32.2. The minimum atomic E-state index is 0.769. The molecule has 0 aliphatic rings. The van der Waals surface area contributed by atoms with Gasteiger partial charge in [-0.15, -0.1) is 0 Å². The molecule has 0 bridgehead atoms. The number of hydrogen-bond acceptors (Lipinski definition) is 2. The largest absolute Gasteiger partial charge is 0.319 e. The lowest BCUT2D eigenvalue weighted by atomic mass is 10.5. The van der Waals surface area contributed by atoms with Gasteiger partial charge in [-0.1, -0.05) is 27.7 Å². The first-order valence-corrected chi connectivity index (χ1v) is 5.12. The van der Waals surface area contributed by atoms with Crippen LogP contribution in [0.2, 0.25) is 0 Å². The van der Waals surface area contributed by atoms with Crippen LogP contribution in [0.4, 0.5) is 0 Å². The Kier molecular flexibility index (Phi) is 15.6. The molecule has 0 fully saturated rings. The summed E-state index contributed by atoms with van der Waals surface area (Å²) in [7, 11) is 1.99. The number of thioether (sulfide) groups is 1. The van der Waals surface area contributed by atoms with Gasteiger partial charge in [-0.2, -0.15) is 11.8 Å². The van der Waals surface area contributed by atoms with Crippen LogP contribution in [0.25, 0.3) is 0 Å². The highest BCUT2D eigenvalue weighted by Crippen LogP contribution is 2.06. The van der Waals surface area contributed by atoms with Crippen LogP contribution in [0.5, 0.6) is 0 Å². The summed E-state index contributed by atoms with van der Waals surface area (Å²) in [6, 6.07) is 0. The van der Waals surface area contributed by atoms with E-state index >= 15 is 0 Å². The summed E-state index contributed by atoms with van der Waals surface area (Å²) >= 11 is 1.99. The molecule has 2 heteroatoms. The fraction of sp³-hybridized carbons (Fsp3) is 1.00. The van der Waals surface area contributed by atoms with Gasteiger partial charge in [0.2, 0.25) is 0 Å². The van der Waals surface area contributed by atoms with E-state index in [0.717, 1.165) is 11.8 Å². The Morgan fingerprint density at radius 2 is 1.90 bits per heavy atom. The highest BCUT2D eigenvalue weighted by Gasteiger charge is 1.95. The van der Waals surface area contributed by atoms with Crippen molar-refractivity contribution >= 4 is 11.8 Å². The average molecular weight is 163 g/mol. The molecule has 0 aromatic rings. The maximum absolute atomic E-state index is 3.13. The van der Waals surface area contributed by atoms with Gasteiger partial charge in [-0.3, -0.25) is 0 Å². The molecule has 0 heterocycles. The SMILES string of the molecule is CC.CCSC(C)CNC. The van der Waals surface area contributed by atoms with Crippen molar-refractivity contribution in [2.45, 2.75) is 32.9 Å². The third kappa shape index (κ3) is 11.2. The monoisotopic (exact) mass is 163 g/mol. The van der Waals surface area contributed by atoms with E-state index in [9.17, 15) is 0 Å². The smallest absolute Gasteiger partial charge is 0.0143 e. The van der Waals surface area contributed by atoms with Crippen LogP contribution < -0.4 is 5.32 Å². The van der Waals surface area contributed by atoms with Crippen molar-refractivity contribution in [3.8, 4) is 0 Å². The minimum Gasteiger partial charge on any atom is -0.319 e. The van der Waals surface area contributed by atoms with Crippen molar-refractivity contribution in [2.24, 2.45) is 0 Å². The van der Waals surface area contributed by atoms with Crippen molar-refractivity contribution in [1.29, 1.82) is 0 Å². The zero-order valence-corrected chi connectivity index (χ0v) is 8.72. The molecule has 10 heavy (non-hydrogen) atoms. The molecule has 0 saturated heterocycles. The van der Waals surface area contributed by atoms with E-state index in [2.05, 4.69) is 19.2 Å². The first kappa shape index (κ1) is 12.9. The Labute approximate surface area is 70.0 Å². The summed E-state index contributed by atoms with van der Waals surface area (Å²) in [6.45, 7) is 9.56. The summed E-state index contributed by atoms with van der Waals surface area (Å²) in [5.41, 5.74) is 0. The van der Waals surface area contributed by atoms with Crippen molar-refractivity contribution in [1.82, 2.24) is 5.32 Å². The fourth-order valence-electron chi connectivity index (χ4n) is 0.631. The molecule has 1 nitrogen and oxygen atoms in total. The molecular formula is C8H21NS. The van der Waals surface area contributed by atoms with E-state index in [0.29, 0.717) is 0 Å². The molecule has 1 unspecified atom stereocenters. The van der Waals surface area contributed by atoms with Crippen LogP contribution in [-0.4, -0.2) is 24.6 Å². The normalized spacial score (nSPS) is 11.7. The molecule has 64 valence electrons. The summed E-state index contributed by atoms with van der Waals surface area (Å²) in [6.07, 6.45) is 0. The lowest BCUT2D eigenvalue weighted by Gasteiger charge is -2.06. The first-order valence-electron chi connectivity index (χ1n) is 4.07. The highest BCUT2D eigenvalue weighted by molar-refractivity contribution is 7.99. The first-order chi connectivity index (χ1) is 4.81. The molecule has 0 rings (SSSR count). The van der Waals surface area contributed by atoms with Gasteiger partial charge in [0.05, 0.1) is 0 Å². The predicted molar refractivity (Wildman–Crippen MR) is 52.9 cm³/mol. The van der Waals surface area contributed by atoms with E-state index in [-0.39, 0.29) is 0 Å². The summed E-state index contributed by atoms with van der Waals surface area (Å²) in [5, 5.41) is 3.90. The lowest BCUT2D eigenvalue weighted by Crippen LogP contribution is -2.17. The molecule has 1 N–H and O–H groups in total. The van der Waals surface area contributed by atoms with E-state index in [1.165, 1.54) is 5.75 Å². The predicted octanol–water partition coefficient (Wildman–Crippen LogP) is 2.37. The van der Waals surface area contributed by atoms with Crippen molar-refractivity contribution in [3.63, 3.8) is 0 Å². The van der Waals surface area contributed by atoms with Crippen LogP contribution >= 0.6 is 11.8 Å². The molecule has 0 aromatic heterocycles. The van der Waals surface area contributed by atoms with Crippen LogP contribution in [0.1, 0.15) is 27.7 Å². The van der Waals surface area contributed by atoms with Crippen LogP contribution in [0.15, 0.2) is 0 Å². The second-order valence-electron chi connectivity index (χ2n) is 1.82. The Morgan fingerprint density at radius 1 is 1.40 bits per heavy atom. The molecule has 1 atom stereocenters. The van der Waals surface area contributed by atoms with Crippen LogP contribution in [-0.2, 0) is 0 Å². The van der Waals surface area contributed by atoms with Crippen LogP contribution in [0, 0.1) is 0 Å². The lowest BCUT2D eigenvalue weighted by molar-refractivity contribution is 0.785. The maximum atomic E-state index is 3.13. The second kappa shape index (κ2) is 12.0. The molecule has 0 amide bonds. The fourth-order valence-corrected chi connectivity index (χ4v) is 1.48. The zero-order chi connectivity index (χ0) is 8.41. The van der Waals surface area contributed by atoms with Gasteiger partial charge < -0.3 is 5.32 Å². The molecule has 0 aliphatic carbocycles. The Hall–Kier alpha value is 0.310. The van der Waals surface area contributed by atoms with Gasteiger partial charge in [0.15, 0.2) is 0 Å². The molecular weight excluding hydrogens is 142 g/mol. The maximum Gasteiger partial charge on any atom is 0.0143 e. The van der Waals surface area contributed by atoms with Crippen molar-refractivity contribution < 1.29 is 0 Å². The van der Waals surface area contributed by atoms with E-state index in [1.807, 2.05) is 32.7 Å². The summed E-state index contributed by atoms with van der Waals surface area (Å²) < 4.78 is 0. The van der Waals surface area contributed by atoms with E-state index in [4.69, 9.17) is 0 Å².